The molecule has 0 heterocycles. The summed E-state index contributed by atoms with van der Waals surface area (Å²) in [5.41, 5.74) is -0.701. The van der Waals surface area contributed by atoms with Gasteiger partial charge < -0.3 is 25.2 Å². The highest BCUT2D eigenvalue weighted by molar-refractivity contribution is 5.89. The number of nitrogens with one attached hydrogen (secondary N) is 2. The van der Waals surface area contributed by atoms with Crippen LogP contribution in [0.25, 0.3) is 0 Å². The number of esters is 1. The Balaban J connectivity index is 4.72. The number of alkyl carbamates (subject to hydrolysis) is 1. The average molecular weight is 304 g/mol. The molecule has 0 saturated carbocycles. The molecule has 21 heavy (non-hydrogen) atoms. The molecular weight excluding hydrogens is 280 g/mol. The maximum atomic E-state index is 12.0. The summed E-state index contributed by atoms with van der Waals surface area (Å²) in [6, 6.07) is -0.959. The van der Waals surface area contributed by atoms with E-state index < -0.39 is 35.8 Å². The second kappa shape index (κ2) is 7.82. The molecule has 0 rings (SSSR count). The molecule has 0 spiro atoms. The zero-order valence-electron chi connectivity index (χ0n) is 13.2. The number of methoxy groups -OCH3 is 1. The van der Waals surface area contributed by atoms with Crippen molar-refractivity contribution in [3.8, 4) is 0 Å². The van der Waals surface area contributed by atoms with Crippen LogP contribution >= 0.6 is 0 Å². The van der Waals surface area contributed by atoms with E-state index in [1.165, 1.54) is 0 Å². The first-order chi connectivity index (χ1) is 9.47. The van der Waals surface area contributed by atoms with Crippen LogP contribution in [0.1, 0.15) is 34.6 Å². The van der Waals surface area contributed by atoms with Crippen molar-refractivity contribution in [1.29, 1.82) is 0 Å². The molecule has 122 valence electrons. The van der Waals surface area contributed by atoms with E-state index >= 15 is 0 Å². The Kier molecular flexibility index (Phi) is 7.14. The number of aliphatic hydroxyl groups is 1. The summed E-state index contributed by atoms with van der Waals surface area (Å²) >= 11 is 0. The highest BCUT2D eigenvalue weighted by atomic mass is 16.6. The summed E-state index contributed by atoms with van der Waals surface area (Å²) in [4.78, 5) is 34.7. The fraction of sp³-hybridized carbons (Fsp3) is 0.769. The molecule has 0 unspecified atom stereocenters. The number of hydrogen-bond donors (Lipinski definition) is 3. The zero-order chi connectivity index (χ0) is 16.8. The van der Waals surface area contributed by atoms with Crippen LogP contribution in [0.15, 0.2) is 0 Å². The van der Waals surface area contributed by atoms with Crippen molar-refractivity contribution in [2.75, 3.05) is 7.11 Å². The van der Waals surface area contributed by atoms with Gasteiger partial charge in [-0.05, 0) is 26.7 Å². The van der Waals surface area contributed by atoms with Crippen LogP contribution in [-0.2, 0) is 19.1 Å². The molecule has 8 nitrogen and oxygen atoms in total. The van der Waals surface area contributed by atoms with Gasteiger partial charge in [0, 0.05) is 0 Å². The largest absolute Gasteiger partial charge is 0.466 e. The Bertz CT molecular complexity index is 389. The van der Waals surface area contributed by atoms with Gasteiger partial charge in [0.2, 0.25) is 12.1 Å². The molecule has 2 atom stereocenters. The van der Waals surface area contributed by atoms with Crippen molar-refractivity contribution in [2.24, 2.45) is 5.92 Å². The maximum absolute atomic E-state index is 12.0. The van der Waals surface area contributed by atoms with Crippen LogP contribution in [0, 0.1) is 5.92 Å². The molecule has 0 saturated heterocycles. The second-order valence-corrected chi connectivity index (χ2v) is 5.80. The van der Waals surface area contributed by atoms with Crippen LogP contribution in [-0.4, -0.2) is 48.1 Å². The molecule has 0 fully saturated rings. The van der Waals surface area contributed by atoms with Crippen molar-refractivity contribution in [3.05, 3.63) is 0 Å². The first-order valence-corrected chi connectivity index (χ1v) is 6.53. The first-order valence-electron chi connectivity index (χ1n) is 6.53. The number of hydrogen-bond acceptors (Lipinski definition) is 6. The third-order valence-electron chi connectivity index (χ3n) is 2.32. The van der Waals surface area contributed by atoms with Crippen LogP contribution in [0.3, 0.4) is 0 Å². The summed E-state index contributed by atoms with van der Waals surface area (Å²) < 4.78 is 9.34. The van der Waals surface area contributed by atoms with Crippen LogP contribution in [0.4, 0.5) is 4.79 Å². The molecule has 0 aromatic rings. The highest BCUT2D eigenvalue weighted by Gasteiger charge is 2.29. The molecule has 2 amide bonds. The van der Waals surface area contributed by atoms with E-state index in [2.05, 4.69) is 15.4 Å². The third kappa shape index (κ3) is 7.50. The molecule has 8 heteroatoms. The SMILES string of the molecule is COC(=O)[C@@H](O)NC(=O)[C@@H](NC(=O)OC(C)(C)C)C(C)C. The normalized spacial score (nSPS) is 14.1. The fourth-order valence-electron chi connectivity index (χ4n) is 1.36. The number of ether oxygens (including phenoxy) is 2. The van der Waals surface area contributed by atoms with Gasteiger partial charge in [0.15, 0.2) is 0 Å². The highest BCUT2D eigenvalue weighted by Crippen LogP contribution is 2.09. The standard InChI is InChI=1S/C13H24N2O6/c1-7(2)8(14-12(19)21-13(3,4)5)9(16)15-10(17)11(18)20-6/h7-8,10,17H,1-6H3,(H,14,19)(H,15,16)/t8-,10+/m0/s1. The Morgan fingerprint density at radius 3 is 2.00 bits per heavy atom. The lowest BCUT2D eigenvalue weighted by atomic mass is 10.0. The van der Waals surface area contributed by atoms with E-state index in [4.69, 9.17) is 4.74 Å². The Hall–Kier alpha value is -1.83. The van der Waals surface area contributed by atoms with Gasteiger partial charge in [0.25, 0.3) is 0 Å². The lowest BCUT2D eigenvalue weighted by Gasteiger charge is -2.25. The lowest BCUT2D eigenvalue weighted by molar-refractivity contribution is -0.155. The van der Waals surface area contributed by atoms with Crippen molar-refractivity contribution >= 4 is 18.0 Å². The van der Waals surface area contributed by atoms with E-state index in [1.807, 2.05) is 0 Å². The van der Waals surface area contributed by atoms with Gasteiger partial charge in [0.1, 0.15) is 11.6 Å². The van der Waals surface area contributed by atoms with Gasteiger partial charge in [-0.25, -0.2) is 9.59 Å². The number of amides is 2. The van der Waals surface area contributed by atoms with E-state index in [0.717, 1.165) is 7.11 Å². The minimum atomic E-state index is -1.79. The monoisotopic (exact) mass is 304 g/mol. The Labute approximate surface area is 124 Å². The minimum absolute atomic E-state index is 0.276. The third-order valence-corrected chi connectivity index (χ3v) is 2.32. The molecule has 0 aliphatic carbocycles. The van der Waals surface area contributed by atoms with Gasteiger partial charge in [-0.3, -0.25) is 4.79 Å². The summed E-state index contributed by atoms with van der Waals surface area (Å²) in [5.74, 6) is -1.99. The van der Waals surface area contributed by atoms with Crippen molar-refractivity contribution < 1.29 is 29.0 Å². The smallest absolute Gasteiger partial charge is 0.408 e. The van der Waals surface area contributed by atoms with Gasteiger partial charge in [-0.15, -0.1) is 0 Å². The molecule has 0 radical (unpaired) electrons. The van der Waals surface area contributed by atoms with Crippen LogP contribution in [0.2, 0.25) is 0 Å². The van der Waals surface area contributed by atoms with Crippen molar-refractivity contribution in [3.63, 3.8) is 0 Å². The number of carbonyl (C=O) groups excluding carboxylic acids is 3. The predicted molar refractivity (Wildman–Crippen MR) is 74.2 cm³/mol. The molecule has 0 bridgehead atoms. The summed E-state index contributed by atoms with van der Waals surface area (Å²) in [5, 5.41) is 13.8. The van der Waals surface area contributed by atoms with E-state index in [9.17, 15) is 19.5 Å². The zero-order valence-corrected chi connectivity index (χ0v) is 13.2. The molecule has 3 N–H and O–H groups in total. The molecule has 0 aromatic carbocycles. The lowest BCUT2D eigenvalue weighted by Crippen LogP contribution is -2.54. The quantitative estimate of drug-likeness (QED) is 0.492. The van der Waals surface area contributed by atoms with Gasteiger partial charge in [-0.1, -0.05) is 13.8 Å². The van der Waals surface area contributed by atoms with Crippen LogP contribution in [0.5, 0.6) is 0 Å². The molecule has 0 aliphatic heterocycles. The Morgan fingerprint density at radius 2 is 1.62 bits per heavy atom. The fourth-order valence-corrected chi connectivity index (χ4v) is 1.36. The molecular formula is C13H24N2O6. The first kappa shape index (κ1) is 19.2. The molecule has 0 aliphatic rings. The summed E-state index contributed by atoms with van der Waals surface area (Å²) in [7, 11) is 1.08. The summed E-state index contributed by atoms with van der Waals surface area (Å²) in [6.45, 7) is 8.48. The van der Waals surface area contributed by atoms with Gasteiger partial charge >= 0.3 is 12.1 Å². The van der Waals surface area contributed by atoms with E-state index in [-0.39, 0.29) is 5.92 Å². The van der Waals surface area contributed by atoms with E-state index in [1.54, 1.807) is 34.6 Å². The second-order valence-electron chi connectivity index (χ2n) is 5.80. The molecule has 0 aromatic heterocycles. The van der Waals surface area contributed by atoms with Crippen LogP contribution < -0.4 is 10.6 Å². The Morgan fingerprint density at radius 1 is 1.10 bits per heavy atom. The van der Waals surface area contributed by atoms with Gasteiger partial charge in [0.05, 0.1) is 7.11 Å². The topological polar surface area (TPSA) is 114 Å². The van der Waals surface area contributed by atoms with Crippen molar-refractivity contribution in [1.82, 2.24) is 10.6 Å². The number of aliphatic hydroxyl groups excluding tert-OH is 1. The minimum Gasteiger partial charge on any atom is -0.466 e. The predicted octanol–water partition coefficient (Wildman–Crippen LogP) is 0.143. The number of carbonyl (C=O) groups is 3. The maximum Gasteiger partial charge on any atom is 0.408 e. The van der Waals surface area contributed by atoms with Gasteiger partial charge in [-0.2, -0.15) is 0 Å². The number of rotatable bonds is 5. The summed E-state index contributed by atoms with van der Waals surface area (Å²) in [6.07, 6.45) is -2.55. The average Bonchev–Trinajstić information content (AvgIpc) is 2.31. The van der Waals surface area contributed by atoms with Crippen molar-refractivity contribution in [2.45, 2.75) is 52.5 Å². The van der Waals surface area contributed by atoms with E-state index in [0.29, 0.717) is 0 Å².